The molecule has 0 heterocycles. The van der Waals surface area contributed by atoms with Crippen LogP contribution in [0, 0.1) is 5.92 Å². The van der Waals surface area contributed by atoms with Crippen molar-refractivity contribution in [2.24, 2.45) is 5.92 Å². The molecule has 1 unspecified atom stereocenters. The molecule has 0 bridgehead atoms. The Balaban J connectivity index is 1.86. The molecule has 0 radical (unpaired) electrons. The molecule has 1 N–H and O–H groups in total. The Morgan fingerprint density at radius 3 is 2.17 bits per heavy atom. The van der Waals surface area contributed by atoms with E-state index in [0.29, 0.717) is 0 Å². The lowest BCUT2D eigenvalue weighted by atomic mass is 9.83. The number of likely N-dealkylation sites (N-methyl/N-ethyl adjacent to an activating group) is 2. The van der Waals surface area contributed by atoms with Gasteiger partial charge in [-0.05, 0) is 45.2 Å². The van der Waals surface area contributed by atoms with Gasteiger partial charge in [-0.25, -0.2) is 0 Å². The highest BCUT2D eigenvalue weighted by Gasteiger charge is 2.27. The maximum atomic E-state index is 3.62. The van der Waals surface area contributed by atoms with E-state index >= 15 is 0 Å². The molecule has 0 aliphatic heterocycles. The van der Waals surface area contributed by atoms with Crippen LogP contribution in [0.3, 0.4) is 0 Å². The van der Waals surface area contributed by atoms with Gasteiger partial charge < -0.3 is 5.32 Å². The Kier molecular flexibility index (Phi) is 5.97. The molecule has 2 aliphatic rings. The van der Waals surface area contributed by atoms with Crippen LogP contribution in [0.25, 0.3) is 0 Å². The van der Waals surface area contributed by atoms with Crippen LogP contribution >= 0.6 is 0 Å². The van der Waals surface area contributed by atoms with Crippen molar-refractivity contribution >= 4 is 0 Å². The van der Waals surface area contributed by atoms with E-state index in [-0.39, 0.29) is 0 Å². The van der Waals surface area contributed by atoms with Gasteiger partial charge in [0.2, 0.25) is 0 Å². The first kappa shape index (κ1) is 14.3. The van der Waals surface area contributed by atoms with Gasteiger partial charge in [0.25, 0.3) is 0 Å². The first-order valence-corrected chi connectivity index (χ1v) is 8.26. The molecule has 2 nitrogen and oxygen atoms in total. The van der Waals surface area contributed by atoms with Crippen molar-refractivity contribution in [1.82, 2.24) is 10.2 Å². The van der Waals surface area contributed by atoms with Gasteiger partial charge in [-0.3, -0.25) is 4.90 Å². The molecular weight excluding hydrogens is 220 g/mol. The third-order valence-electron chi connectivity index (χ3n) is 5.27. The maximum absolute atomic E-state index is 3.62. The molecule has 0 aromatic carbocycles. The van der Waals surface area contributed by atoms with Crippen LogP contribution in [-0.2, 0) is 0 Å². The Hall–Kier alpha value is -0.0800. The monoisotopic (exact) mass is 252 g/mol. The first-order chi connectivity index (χ1) is 8.85. The van der Waals surface area contributed by atoms with Gasteiger partial charge in [-0.2, -0.15) is 0 Å². The van der Waals surface area contributed by atoms with E-state index in [4.69, 9.17) is 0 Å². The molecule has 0 aromatic heterocycles. The second-order valence-corrected chi connectivity index (χ2v) is 6.32. The minimum Gasteiger partial charge on any atom is -0.315 e. The fourth-order valence-electron chi connectivity index (χ4n) is 4.07. The minimum atomic E-state index is 0.728. The van der Waals surface area contributed by atoms with Gasteiger partial charge in [-0.1, -0.05) is 39.0 Å². The molecule has 2 saturated carbocycles. The summed E-state index contributed by atoms with van der Waals surface area (Å²) in [6.07, 6.45) is 13.1. The van der Waals surface area contributed by atoms with Crippen LogP contribution in [0.1, 0.15) is 64.7 Å². The predicted molar refractivity (Wildman–Crippen MR) is 78.9 cm³/mol. The summed E-state index contributed by atoms with van der Waals surface area (Å²) in [5.41, 5.74) is 0. The third kappa shape index (κ3) is 3.71. The summed E-state index contributed by atoms with van der Waals surface area (Å²) in [4.78, 5) is 2.75. The normalized spacial score (nSPS) is 24.8. The van der Waals surface area contributed by atoms with Crippen molar-refractivity contribution in [1.29, 1.82) is 0 Å². The molecular formula is C16H32N2. The molecule has 1 atom stereocenters. The summed E-state index contributed by atoms with van der Waals surface area (Å²) < 4.78 is 0. The lowest BCUT2D eigenvalue weighted by molar-refractivity contribution is 0.153. The molecule has 106 valence electrons. The van der Waals surface area contributed by atoms with E-state index in [9.17, 15) is 0 Å². The van der Waals surface area contributed by atoms with E-state index < -0.39 is 0 Å². The molecule has 18 heavy (non-hydrogen) atoms. The van der Waals surface area contributed by atoms with E-state index in [2.05, 4.69) is 24.2 Å². The highest BCUT2D eigenvalue weighted by molar-refractivity contribution is 4.85. The van der Waals surface area contributed by atoms with Crippen LogP contribution in [0.2, 0.25) is 0 Å². The molecule has 2 heteroatoms. The molecule has 2 aliphatic carbocycles. The van der Waals surface area contributed by atoms with Gasteiger partial charge >= 0.3 is 0 Å². The number of hydrogen-bond acceptors (Lipinski definition) is 2. The predicted octanol–water partition coefficient (Wildman–Crippen LogP) is 3.42. The van der Waals surface area contributed by atoms with Gasteiger partial charge in [0.1, 0.15) is 0 Å². The van der Waals surface area contributed by atoms with Crippen LogP contribution in [0.5, 0.6) is 0 Å². The van der Waals surface area contributed by atoms with Gasteiger partial charge in [0, 0.05) is 18.6 Å². The first-order valence-electron chi connectivity index (χ1n) is 8.26. The second-order valence-electron chi connectivity index (χ2n) is 6.32. The second kappa shape index (κ2) is 7.49. The Bertz CT molecular complexity index is 217. The Morgan fingerprint density at radius 2 is 1.61 bits per heavy atom. The average Bonchev–Trinajstić information content (AvgIpc) is 2.95. The van der Waals surface area contributed by atoms with Crippen molar-refractivity contribution in [3.05, 3.63) is 0 Å². The molecule has 0 amide bonds. The van der Waals surface area contributed by atoms with Crippen LogP contribution in [0.4, 0.5) is 0 Å². The zero-order chi connectivity index (χ0) is 12.8. The molecule has 2 fully saturated rings. The van der Waals surface area contributed by atoms with Crippen molar-refractivity contribution in [3.63, 3.8) is 0 Å². The molecule has 2 rings (SSSR count). The lowest BCUT2D eigenvalue weighted by Gasteiger charge is -2.36. The molecule has 0 aromatic rings. The van der Waals surface area contributed by atoms with Crippen LogP contribution in [0.15, 0.2) is 0 Å². The quantitative estimate of drug-likeness (QED) is 0.779. The number of hydrogen-bond donors (Lipinski definition) is 1. The van der Waals surface area contributed by atoms with Gasteiger partial charge in [0.15, 0.2) is 0 Å². The van der Waals surface area contributed by atoms with E-state index in [0.717, 1.165) is 18.0 Å². The summed E-state index contributed by atoms with van der Waals surface area (Å²) in [5.74, 6) is 0.930. The fourth-order valence-corrected chi connectivity index (χ4v) is 4.07. The highest BCUT2D eigenvalue weighted by atomic mass is 15.2. The summed E-state index contributed by atoms with van der Waals surface area (Å²) in [6, 6.07) is 1.61. The van der Waals surface area contributed by atoms with E-state index in [1.807, 2.05) is 0 Å². The summed E-state index contributed by atoms with van der Waals surface area (Å²) in [7, 11) is 2.17. The third-order valence-corrected chi connectivity index (χ3v) is 5.27. The van der Waals surface area contributed by atoms with Crippen LogP contribution in [-0.4, -0.2) is 37.1 Å². The zero-order valence-corrected chi connectivity index (χ0v) is 12.5. The van der Waals surface area contributed by atoms with Crippen molar-refractivity contribution in [2.45, 2.75) is 76.8 Å². The topological polar surface area (TPSA) is 15.3 Å². The van der Waals surface area contributed by atoms with Crippen LogP contribution < -0.4 is 5.32 Å². The molecule has 0 saturated heterocycles. The van der Waals surface area contributed by atoms with Crippen molar-refractivity contribution in [2.75, 3.05) is 20.1 Å². The summed E-state index contributed by atoms with van der Waals surface area (Å²) in [5, 5.41) is 3.62. The van der Waals surface area contributed by atoms with E-state index in [1.54, 1.807) is 0 Å². The standard InChI is InChI=1S/C16H32N2/c1-3-18(15-11-7-8-12-15)13-16(17-2)14-9-5-4-6-10-14/h14-17H,3-13H2,1-2H3. The van der Waals surface area contributed by atoms with Gasteiger partial charge in [-0.15, -0.1) is 0 Å². The maximum Gasteiger partial charge on any atom is 0.0220 e. The zero-order valence-electron chi connectivity index (χ0n) is 12.5. The average molecular weight is 252 g/mol. The van der Waals surface area contributed by atoms with Crippen molar-refractivity contribution in [3.8, 4) is 0 Å². The summed E-state index contributed by atoms with van der Waals surface area (Å²) in [6.45, 7) is 4.85. The summed E-state index contributed by atoms with van der Waals surface area (Å²) >= 11 is 0. The SMILES string of the molecule is CCN(CC(NC)C1CCCCC1)C1CCCC1. The minimum absolute atomic E-state index is 0.728. The number of nitrogens with zero attached hydrogens (tertiary/aromatic N) is 1. The smallest absolute Gasteiger partial charge is 0.0220 e. The highest BCUT2D eigenvalue weighted by Crippen LogP contribution is 2.29. The largest absolute Gasteiger partial charge is 0.315 e. The number of rotatable bonds is 6. The Morgan fingerprint density at radius 1 is 1.00 bits per heavy atom. The van der Waals surface area contributed by atoms with Crippen molar-refractivity contribution < 1.29 is 0 Å². The Labute approximate surface area is 114 Å². The van der Waals surface area contributed by atoms with Gasteiger partial charge in [0.05, 0.1) is 0 Å². The fraction of sp³-hybridized carbons (Fsp3) is 1.00. The number of nitrogens with one attached hydrogen (secondary N) is 1. The lowest BCUT2D eigenvalue weighted by Crippen LogP contribution is -2.47. The van der Waals surface area contributed by atoms with E-state index in [1.165, 1.54) is 70.9 Å². The molecule has 0 spiro atoms.